The Labute approximate surface area is 108 Å². The molecule has 1 aromatic rings. The molecular formula is C12H12BrFN2O. The summed E-state index contributed by atoms with van der Waals surface area (Å²) >= 11 is 3.11. The van der Waals surface area contributed by atoms with Gasteiger partial charge in [-0.2, -0.15) is 5.26 Å². The molecule has 1 aromatic carbocycles. The zero-order chi connectivity index (χ0) is 13.1. The fourth-order valence-corrected chi connectivity index (χ4v) is 1.52. The van der Waals surface area contributed by atoms with Crippen LogP contribution in [0.1, 0.15) is 30.6 Å². The highest BCUT2D eigenvalue weighted by Crippen LogP contribution is 2.16. The Morgan fingerprint density at radius 2 is 2.29 bits per heavy atom. The second kappa shape index (κ2) is 5.28. The van der Waals surface area contributed by atoms with Crippen LogP contribution in [0, 0.1) is 17.1 Å². The summed E-state index contributed by atoms with van der Waals surface area (Å²) < 4.78 is 14.1. The first kappa shape index (κ1) is 13.7. The van der Waals surface area contributed by atoms with E-state index in [0.29, 0.717) is 10.9 Å². The van der Waals surface area contributed by atoms with E-state index in [1.54, 1.807) is 19.9 Å². The molecule has 1 amide bonds. The van der Waals surface area contributed by atoms with Crippen molar-refractivity contribution in [1.82, 2.24) is 5.32 Å². The van der Waals surface area contributed by atoms with E-state index in [4.69, 9.17) is 5.26 Å². The Kier molecular flexibility index (Phi) is 4.24. The monoisotopic (exact) mass is 298 g/mol. The van der Waals surface area contributed by atoms with Crippen molar-refractivity contribution in [3.05, 3.63) is 34.1 Å². The Hall–Kier alpha value is -1.41. The molecule has 1 atom stereocenters. The van der Waals surface area contributed by atoms with Gasteiger partial charge in [0.05, 0.1) is 11.6 Å². The molecule has 0 fully saturated rings. The lowest BCUT2D eigenvalue weighted by Gasteiger charge is -2.21. The lowest BCUT2D eigenvalue weighted by atomic mass is 10.0. The standard InChI is InChI=1S/C12H12BrFN2O/c1-3-12(2,7-15)16-11(17)9-5-4-8(13)6-10(9)14/h4-6H,3H2,1-2H3,(H,16,17)/t12-/m0/s1. The first-order valence-corrected chi connectivity index (χ1v) is 5.90. The third-order valence-corrected chi connectivity index (χ3v) is 3.01. The normalized spacial score (nSPS) is 13.6. The van der Waals surface area contributed by atoms with E-state index in [9.17, 15) is 9.18 Å². The summed E-state index contributed by atoms with van der Waals surface area (Å²) in [5.74, 6) is -1.20. The van der Waals surface area contributed by atoms with E-state index in [1.165, 1.54) is 12.1 Å². The lowest BCUT2D eigenvalue weighted by Crippen LogP contribution is -2.44. The number of amides is 1. The first-order chi connectivity index (χ1) is 7.91. The second-order valence-electron chi connectivity index (χ2n) is 3.88. The van der Waals surface area contributed by atoms with Crippen molar-refractivity contribution in [2.24, 2.45) is 0 Å². The van der Waals surface area contributed by atoms with E-state index in [2.05, 4.69) is 21.2 Å². The van der Waals surface area contributed by atoms with Crippen LogP contribution >= 0.6 is 15.9 Å². The third kappa shape index (κ3) is 3.27. The van der Waals surface area contributed by atoms with Crippen LogP contribution in [0.2, 0.25) is 0 Å². The van der Waals surface area contributed by atoms with Crippen LogP contribution in [0.4, 0.5) is 4.39 Å². The molecular weight excluding hydrogens is 287 g/mol. The number of nitriles is 1. The van der Waals surface area contributed by atoms with Crippen LogP contribution in [-0.2, 0) is 0 Å². The van der Waals surface area contributed by atoms with Gasteiger partial charge in [-0.15, -0.1) is 0 Å². The van der Waals surface area contributed by atoms with Crippen molar-refractivity contribution < 1.29 is 9.18 Å². The number of hydrogen-bond acceptors (Lipinski definition) is 2. The maximum Gasteiger partial charge on any atom is 0.255 e. The molecule has 1 N–H and O–H groups in total. The molecule has 3 nitrogen and oxygen atoms in total. The summed E-state index contributed by atoms with van der Waals surface area (Å²) in [5.41, 5.74) is -1.04. The molecule has 90 valence electrons. The molecule has 0 aliphatic carbocycles. The van der Waals surface area contributed by atoms with Crippen molar-refractivity contribution in [3.8, 4) is 6.07 Å². The summed E-state index contributed by atoms with van der Waals surface area (Å²) in [5, 5.41) is 11.4. The molecule has 0 saturated carbocycles. The number of nitrogens with zero attached hydrogens (tertiary/aromatic N) is 1. The number of nitrogens with one attached hydrogen (secondary N) is 1. The second-order valence-corrected chi connectivity index (χ2v) is 4.79. The predicted octanol–water partition coefficient (Wildman–Crippen LogP) is 3.01. The van der Waals surface area contributed by atoms with Crippen LogP contribution < -0.4 is 5.32 Å². The summed E-state index contributed by atoms with van der Waals surface area (Å²) in [4.78, 5) is 11.8. The summed E-state index contributed by atoms with van der Waals surface area (Å²) in [6.07, 6.45) is 0.452. The Morgan fingerprint density at radius 1 is 1.65 bits per heavy atom. The quantitative estimate of drug-likeness (QED) is 0.932. The van der Waals surface area contributed by atoms with Crippen LogP contribution in [0.25, 0.3) is 0 Å². The summed E-state index contributed by atoms with van der Waals surface area (Å²) in [7, 11) is 0. The van der Waals surface area contributed by atoms with E-state index in [1.807, 2.05) is 6.07 Å². The zero-order valence-electron chi connectivity index (χ0n) is 9.55. The van der Waals surface area contributed by atoms with Crippen molar-refractivity contribution in [2.75, 3.05) is 0 Å². The van der Waals surface area contributed by atoms with E-state index >= 15 is 0 Å². The summed E-state index contributed by atoms with van der Waals surface area (Å²) in [6.45, 7) is 3.38. The molecule has 5 heteroatoms. The van der Waals surface area contributed by atoms with Gasteiger partial charge in [0.1, 0.15) is 11.4 Å². The SMILES string of the molecule is CC[C@@](C)(C#N)NC(=O)c1ccc(Br)cc1F. The number of halogens is 2. The molecule has 0 aromatic heterocycles. The fraction of sp³-hybridized carbons (Fsp3) is 0.333. The molecule has 0 aliphatic rings. The molecule has 0 saturated heterocycles. The molecule has 0 radical (unpaired) electrons. The van der Waals surface area contributed by atoms with Gasteiger partial charge in [0, 0.05) is 4.47 Å². The van der Waals surface area contributed by atoms with Gasteiger partial charge in [-0.25, -0.2) is 4.39 Å². The van der Waals surface area contributed by atoms with Crippen molar-refractivity contribution in [1.29, 1.82) is 5.26 Å². The lowest BCUT2D eigenvalue weighted by molar-refractivity contribution is 0.0919. The predicted molar refractivity (Wildman–Crippen MR) is 65.9 cm³/mol. The Balaban J connectivity index is 2.95. The molecule has 0 bridgehead atoms. The maximum absolute atomic E-state index is 13.5. The first-order valence-electron chi connectivity index (χ1n) is 5.10. The van der Waals surface area contributed by atoms with Crippen LogP contribution in [0.15, 0.2) is 22.7 Å². The minimum Gasteiger partial charge on any atom is -0.334 e. The van der Waals surface area contributed by atoms with Gasteiger partial charge in [0.25, 0.3) is 5.91 Å². The third-order valence-electron chi connectivity index (χ3n) is 2.52. The largest absolute Gasteiger partial charge is 0.334 e. The maximum atomic E-state index is 13.5. The molecule has 0 spiro atoms. The highest BCUT2D eigenvalue weighted by molar-refractivity contribution is 9.10. The fourth-order valence-electron chi connectivity index (χ4n) is 1.19. The van der Waals surface area contributed by atoms with E-state index < -0.39 is 17.3 Å². The van der Waals surface area contributed by atoms with Crippen molar-refractivity contribution >= 4 is 21.8 Å². The van der Waals surface area contributed by atoms with E-state index in [-0.39, 0.29) is 5.56 Å². The number of carbonyl (C=O) groups excluding carboxylic acids is 1. The molecule has 0 heterocycles. The highest BCUT2D eigenvalue weighted by Gasteiger charge is 2.25. The average Bonchev–Trinajstić information content (AvgIpc) is 2.28. The van der Waals surface area contributed by atoms with Crippen LogP contribution in [0.3, 0.4) is 0 Å². The minimum atomic E-state index is -0.976. The highest BCUT2D eigenvalue weighted by atomic mass is 79.9. The van der Waals surface area contributed by atoms with Crippen molar-refractivity contribution in [3.63, 3.8) is 0 Å². The Bertz CT molecular complexity index is 484. The average molecular weight is 299 g/mol. The van der Waals surface area contributed by atoms with Gasteiger partial charge < -0.3 is 5.32 Å². The molecule has 0 aliphatic heterocycles. The summed E-state index contributed by atoms with van der Waals surface area (Å²) in [6, 6.07) is 6.16. The molecule has 1 rings (SSSR count). The zero-order valence-corrected chi connectivity index (χ0v) is 11.1. The topological polar surface area (TPSA) is 52.9 Å². The molecule has 0 unspecified atom stereocenters. The number of carbonyl (C=O) groups is 1. The number of hydrogen-bond donors (Lipinski definition) is 1. The van der Waals surface area contributed by atoms with Crippen LogP contribution in [0.5, 0.6) is 0 Å². The number of rotatable bonds is 3. The van der Waals surface area contributed by atoms with Gasteiger partial charge in [-0.05, 0) is 31.5 Å². The van der Waals surface area contributed by atoms with Gasteiger partial charge in [-0.1, -0.05) is 22.9 Å². The minimum absolute atomic E-state index is 0.0666. The van der Waals surface area contributed by atoms with Crippen molar-refractivity contribution in [2.45, 2.75) is 25.8 Å². The van der Waals surface area contributed by atoms with Crippen LogP contribution in [-0.4, -0.2) is 11.4 Å². The number of benzene rings is 1. The molecule has 17 heavy (non-hydrogen) atoms. The van der Waals surface area contributed by atoms with Gasteiger partial charge in [0.2, 0.25) is 0 Å². The van der Waals surface area contributed by atoms with Gasteiger partial charge in [-0.3, -0.25) is 4.79 Å². The van der Waals surface area contributed by atoms with Gasteiger partial charge >= 0.3 is 0 Å². The smallest absolute Gasteiger partial charge is 0.255 e. The van der Waals surface area contributed by atoms with Gasteiger partial charge in [0.15, 0.2) is 0 Å². The Morgan fingerprint density at radius 3 is 2.76 bits per heavy atom. The van der Waals surface area contributed by atoms with E-state index in [0.717, 1.165) is 0 Å².